The van der Waals surface area contributed by atoms with Crippen LogP contribution in [-0.4, -0.2) is 11.8 Å². The summed E-state index contributed by atoms with van der Waals surface area (Å²) < 4.78 is 0. The minimum Gasteiger partial charge on any atom is -0.550 e. The molecule has 0 radical (unpaired) electrons. The first-order valence-electron chi connectivity index (χ1n) is 5.88. The second-order valence-corrected chi connectivity index (χ2v) is 3.96. The van der Waals surface area contributed by atoms with Gasteiger partial charge in [0.05, 0.1) is 0 Å². The van der Waals surface area contributed by atoms with E-state index in [0.29, 0.717) is 6.42 Å². The Morgan fingerprint density at radius 2 is 1.44 bits per heavy atom. The van der Waals surface area contributed by atoms with Gasteiger partial charge >= 0.3 is 18.9 Å². The molecular weight excluding hydrogens is 199 g/mol. The molecule has 0 aliphatic carbocycles. The molecule has 0 saturated heterocycles. The third kappa shape index (κ3) is 13.7. The zero-order valence-electron chi connectivity index (χ0n) is 10.6. The molecular formula is C12H21LiO3. The number of ketones is 1. The predicted molar refractivity (Wildman–Crippen MR) is 57.2 cm³/mol. The van der Waals surface area contributed by atoms with E-state index in [-0.39, 0.29) is 24.6 Å². The van der Waals surface area contributed by atoms with Gasteiger partial charge in [-0.2, -0.15) is 0 Å². The van der Waals surface area contributed by atoms with Gasteiger partial charge in [-0.1, -0.05) is 45.4 Å². The molecule has 0 aromatic carbocycles. The third-order valence-corrected chi connectivity index (χ3v) is 2.40. The first kappa shape index (κ1) is 18.1. The van der Waals surface area contributed by atoms with E-state index < -0.39 is 12.4 Å². The number of carbonyl (C=O) groups is 2. The standard InChI is InChI=1S/C12H22O3.Li/c1-2-3-4-5-6-7-8-9-11(13)10-12(14)15;/h2-10H2,1H3,(H,14,15);/q;+1/p-1. The molecule has 0 aromatic heterocycles. The summed E-state index contributed by atoms with van der Waals surface area (Å²) >= 11 is 0. The van der Waals surface area contributed by atoms with Gasteiger partial charge < -0.3 is 9.90 Å². The second kappa shape index (κ2) is 12.8. The first-order valence-corrected chi connectivity index (χ1v) is 5.88. The summed E-state index contributed by atoms with van der Waals surface area (Å²) in [6, 6.07) is 0. The molecule has 0 aliphatic rings. The minimum absolute atomic E-state index is 0. The number of Topliss-reactive ketones (excluding diaryl/α,β-unsaturated/α-hetero) is 1. The van der Waals surface area contributed by atoms with Crippen molar-refractivity contribution in [1.82, 2.24) is 0 Å². The summed E-state index contributed by atoms with van der Waals surface area (Å²) in [7, 11) is 0. The average molecular weight is 220 g/mol. The molecule has 3 nitrogen and oxygen atoms in total. The Labute approximate surface area is 110 Å². The van der Waals surface area contributed by atoms with Crippen molar-refractivity contribution in [3.05, 3.63) is 0 Å². The number of aliphatic carboxylic acids is 1. The van der Waals surface area contributed by atoms with Crippen LogP contribution < -0.4 is 24.0 Å². The van der Waals surface area contributed by atoms with Crippen LogP contribution in [0.15, 0.2) is 0 Å². The van der Waals surface area contributed by atoms with Crippen LogP contribution in [0.2, 0.25) is 0 Å². The van der Waals surface area contributed by atoms with Crippen LogP contribution in [0.1, 0.15) is 64.7 Å². The van der Waals surface area contributed by atoms with Crippen molar-refractivity contribution in [2.75, 3.05) is 0 Å². The number of carbonyl (C=O) groups excluding carboxylic acids is 2. The van der Waals surface area contributed by atoms with E-state index in [1.165, 1.54) is 25.7 Å². The summed E-state index contributed by atoms with van der Waals surface area (Å²) in [5.74, 6) is -1.47. The fourth-order valence-corrected chi connectivity index (χ4v) is 1.53. The minimum atomic E-state index is -1.26. The van der Waals surface area contributed by atoms with Crippen molar-refractivity contribution < 1.29 is 33.6 Å². The summed E-state index contributed by atoms with van der Waals surface area (Å²) in [6.45, 7) is 2.18. The molecule has 0 bridgehead atoms. The van der Waals surface area contributed by atoms with Gasteiger partial charge in [0.2, 0.25) is 0 Å². The maximum absolute atomic E-state index is 11.0. The van der Waals surface area contributed by atoms with Crippen LogP contribution in [0.5, 0.6) is 0 Å². The number of hydrogen-bond donors (Lipinski definition) is 0. The van der Waals surface area contributed by atoms with E-state index in [1.807, 2.05) is 0 Å². The van der Waals surface area contributed by atoms with Crippen LogP contribution in [0.25, 0.3) is 0 Å². The molecule has 0 N–H and O–H groups in total. The Hall–Kier alpha value is -0.263. The molecule has 0 fully saturated rings. The Kier molecular flexibility index (Phi) is 14.5. The van der Waals surface area contributed by atoms with Gasteiger partial charge in [-0.3, -0.25) is 4.79 Å². The van der Waals surface area contributed by atoms with Crippen molar-refractivity contribution in [2.45, 2.75) is 64.7 Å². The maximum Gasteiger partial charge on any atom is 1.00 e. The molecule has 0 saturated carbocycles. The maximum atomic E-state index is 11.0. The zero-order valence-corrected chi connectivity index (χ0v) is 10.6. The second-order valence-electron chi connectivity index (χ2n) is 3.96. The van der Waals surface area contributed by atoms with E-state index in [0.717, 1.165) is 19.3 Å². The summed E-state index contributed by atoms with van der Waals surface area (Å²) in [6.07, 6.45) is 7.98. The van der Waals surface area contributed by atoms with E-state index >= 15 is 0 Å². The summed E-state index contributed by atoms with van der Waals surface area (Å²) in [4.78, 5) is 21.1. The molecule has 0 atom stereocenters. The van der Waals surface area contributed by atoms with Gasteiger partial charge in [0.15, 0.2) is 0 Å². The van der Waals surface area contributed by atoms with E-state index in [1.54, 1.807) is 0 Å². The monoisotopic (exact) mass is 220 g/mol. The van der Waals surface area contributed by atoms with Crippen LogP contribution >= 0.6 is 0 Å². The van der Waals surface area contributed by atoms with E-state index in [2.05, 4.69) is 6.92 Å². The smallest absolute Gasteiger partial charge is 0.550 e. The Morgan fingerprint density at radius 3 is 1.94 bits per heavy atom. The fourth-order valence-electron chi connectivity index (χ4n) is 1.53. The first-order chi connectivity index (χ1) is 7.16. The van der Waals surface area contributed by atoms with Gasteiger partial charge in [-0.25, -0.2) is 0 Å². The number of hydrogen-bond acceptors (Lipinski definition) is 3. The van der Waals surface area contributed by atoms with Crippen LogP contribution in [0, 0.1) is 0 Å². The third-order valence-electron chi connectivity index (χ3n) is 2.40. The van der Waals surface area contributed by atoms with Crippen molar-refractivity contribution >= 4 is 11.8 Å². The number of carboxylic acid groups (broad SMARTS) is 1. The van der Waals surface area contributed by atoms with Crippen molar-refractivity contribution in [3.8, 4) is 0 Å². The predicted octanol–water partition coefficient (Wildman–Crippen LogP) is -1.16. The van der Waals surface area contributed by atoms with Crippen LogP contribution in [-0.2, 0) is 9.59 Å². The van der Waals surface area contributed by atoms with Gasteiger partial charge in [0.1, 0.15) is 5.78 Å². The zero-order chi connectivity index (χ0) is 11.5. The normalized spacial score (nSPS) is 9.56. The molecule has 0 amide bonds. The van der Waals surface area contributed by atoms with Crippen molar-refractivity contribution in [3.63, 3.8) is 0 Å². The quantitative estimate of drug-likeness (QED) is 0.265. The van der Waals surface area contributed by atoms with Gasteiger partial charge in [0.25, 0.3) is 0 Å². The molecule has 0 aliphatic heterocycles. The fraction of sp³-hybridized carbons (Fsp3) is 0.833. The average Bonchev–Trinajstić information content (AvgIpc) is 2.15. The SMILES string of the molecule is CCCCCCCCCC(=O)CC(=O)[O-].[Li+]. The van der Waals surface area contributed by atoms with Gasteiger partial charge in [0, 0.05) is 18.8 Å². The topological polar surface area (TPSA) is 57.2 Å². The van der Waals surface area contributed by atoms with Crippen LogP contribution in [0.3, 0.4) is 0 Å². The molecule has 0 heterocycles. The molecule has 4 heteroatoms. The van der Waals surface area contributed by atoms with Crippen molar-refractivity contribution in [2.24, 2.45) is 0 Å². The molecule has 16 heavy (non-hydrogen) atoms. The number of unbranched alkanes of at least 4 members (excludes halogenated alkanes) is 6. The Bertz CT molecular complexity index is 193. The van der Waals surface area contributed by atoms with E-state index in [4.69, 9.17) is 0 Å². The molecule has 0 unspecified atom stereocenters. The number of rotatable bonds is 10. The van der Waals surface area contributed by atoms with Gasteiger partial charge in [-0.05, 0) is 6.42 Å². The largest absolute Gasteiger partial charge is 1.00 e. The van der Waals surface area contributed by atoms with Gasteiger partial charge in [-0.15, -0.1) is 0 Å². The molecule has 0 rings (SSSR count). The van der Waals surface area contributed by atoms with Crippen molar-refractivity contribution in [1.29, 1.82) is 0 Å². The number of carboxylic acids is 1. The Morgan fingerprint density at radius 1 is 0.938 bits per heavy atom. The Balaban J connectivity index is 0. The molecule has 0 spiro atoms. The van der Waals surface area contributed by atoms with Crippen LogP contribution in [0.4, 0.5) is 0 Å². The molecule has 88 valence electrons. The summed E-state index contributed by atoms with van der Waals surface area (Å²) in [5, 5.41) is 10.1. The summed E-state index contributed by atoms with van der Waals surface area (Å²) in [5.41, 5.74) is 0. The molecule has 0 aromatic rings. The van der Waals surface area contributed by atoms with E-state index in [9.17, 15) is 14.7 Å².